The molecule has 0 aliphatic carbocycles. The van der Waals surface area contributed by atoms with Crippen molar-refractivity contribution in [2.75, 3.05) is 19.6 Å². The summed E-state index contributed by atoms with van der Waals surface area (Å²) in [5.41, 5.74) is 0.928. The first-order chi connectivity index (χ1) is 18.8. The number of hydrogen-bond acceptors (Lipinski definition) is 6. The zero-order chi connectivity index (χ0) is 27.1. The molecule has 2 bridgehead atoms. The second-order valence-electron chi connectivity index (χ2n) is 11.0. The van der Waals surface area contributed by atoms with Crippen molar-refractivity contribution >= 4 is 17.8 Å². The first-order valence-electron chi connectivity index (χ1n) is 13.2. The molecule has 0 radical (unpaired) electrons. The van der Waals surface area contributed by atoms with E-state index in [9.17, 15) is 24.3 Å². The number of hydrogen-bond donors (Lipinski definition) is 2. The number of pyridine rings is 1. The Balaban J connectivity index is 1.35. The standard InChI is InChI=1S/C30H30N4O5/c35-24-11-9-20(10-12-24)14-30(27(37)31-29(39)34(28(30)38)16-21-5-2-1-3-6-21)19-32-15-22-13-23(18-32)25-7-4-8-26(36)33(25)17-22/h1-12,22-23,35H,13-19H2,(H,31,37,39)/t22-,23-,30+/m0/s1. The number of rotatable bonds is 6. The van der Waals surface area contributed by atoms with Gasteiger partial charge in [0.1, 0.15) is 11.2 Å². The quantitative estimate of drug-likeness (QED) is 0.478. The monoisotopic (exact) mass is 526 g/mol. The van der Waals surface area contributed by atoms with E-state index in [1.54, 1.807) is 24.3 Å². The summed E-state index contributed by atoms with van der Waals surface area (Å²) in [4.78, 5) is 56.6. The van der Waals surface area contributed by atoms with E-state index in [0.717, 1.165) is 22.6 Å². The van der Waals surface area contributed by atoms with Gasteiger partial charge in [-0.15, -0.1) is 0 Å². The molecule has 0 unspecified atom stereocenters. The van der Waals surface area contributed by atoms with Crippen LogP contribution >= 0.6 is 0 Å². The van der Waals surface area contributed by atoms with Crippen LogP contribution in [0.3, 0.4) is 0 Å². The summed E-state index contributed by atoms with van der Waals surface area (Å²) >= 11 is 0. The summed E-state index contributed by atoms with van der Waals surface area (Å²) in [7, 11) is 0. The minimum atomic E-state index is -1.54. The number of barbiturate groups is 1. The van der Waals surface area contributed by atoms with Crippen LogP contribution in [0.4, 0.5) is 4.79 Å². The van der Waals surface area contributed by atoms with Gasteiger partial charge in [0.15, 0.2) is 0 Å². The van der Waals surface area contributed by atoms with Crippen molar-refractivity contribution in [3.8, 4) is 5.75 Å². The normalized spacial score (nSPS) is 24.8. The summed E-state index contributed by atoms with van der Waals surface area (Å²) < 4.78 is 1.85. The molecule has 3 aliphatic heterocycles. The molecule has 3 aliphatic rings. The van der Waals surface area contributed by atoms with Crippen LogP contribution < -0.4 is 10.9 Å². The highest BCUT2D eigenvalue weighted by Gasteiger charge is 2.55. The molecule has 1 aromatic heterocycles. The van der Waals surface area contributed by atoms with Crippen LogP contribution in [0.1, 0.15) is 29.2 Å². The van der Waals surface area contributed by atoms with Crippen LogP contribution in [0.5, 0.6) is 5.75 Å². The largest absolute Gasteiger partial charge is 0.508 e. The highest BCUT2D eigenvalue weighted by Crippen LogP contribution is 2.38. The molecule has 3 atom stereocenters. The lowest BCUT2D eigenvalue weighted by atomic mass is 9.75. The minimum Gasteiger partial charge on any atom is -0.508 e. The summed E-state index contributed by atoms with van der Waals surface area (Å²) in [5.74, 6) is -0.722. The van der Waals surface area contributed by atoms with Gasteiger partial charge in [0.2, 0.25) is 11.8 Å². The Hall–Kier alpha value is -4.24. The van der Waals surface area contributed by atoms with E-state index in [1.807, 2.05) is 41.0 Å². The number of benzene rings is 2. The molecule has 0 saturated carbocycles. The topological polar surface area (TPSA) is 112 Å². The zero-order valence-corrected chi connectivity index (χ0v) is 21.5. The molecule has 6 rings (SSSR count). The molecule has 2 saturated heterocycles. The molecule has 9 nitrogen and oxygen atoms in total. The number of amides is 4. The molecule has 0 spiro atoms. The number of likely N-dealkylation sites (tertiary alicyclic amines) is 1. The molecule has 2 fully saturated rings. The predicted octanol–water partition coefficient (Wildman–Crippen LogP) is 2.48. The highest BCUT2D eigenvalue weighted by atomic mass is 16.3. The average molecular weight is 527 g/mol. The molecule has 3 aromatic rings. The van der Waals surface area contributed by atoms with Crippen LogP contribution in [0.2, 0.25) is 0 Å². The van der Waals surface area contributed by atoms with E-state index < -0.39 is 23.3 Å². The number of aromatic hydroxyl groups is 1. The summed E-state index contributed by atoms with van der Waals surface area (Å²) in [6, 6.07) is 20.3. The molecule has 4 amide bonds. The Morgan fingerprint density at radius 3 is 2.38 bits per heavy atom. The molecule has 200 valence electrons. The maximum Gasteiger partial charge on any atom is 0.331 e. The highest BCUT2D eigenvalue weighted by molar-refractivity contribution is 6.19. The Kier molecular flexibility index (Phi) is 6.31. The van der Waals surface area contributed by atoms with Gasteiger partial charge < -0.3 is 14.6 Å². The van der Waals surface area contributed by atoms with Gasteiger partial charge in [0, 0.05) is 43.9 Å². The number of aromatic nitrogens is 1. The number of phenols is 1. The van der Waals surface area contributed by atoms with E-state index in [0.29, 0.717) is 25.2 Å². The molecule has 9 heteroatoms. The van der Waals surface area contributed by atoms with E-state index in [2.05, 4.69) is 10.2 Å². The second-order valence-corrected chi connectivity index (χ2v) is 11.0. The molecule has 2 aromatic carbocycles. The lowest BCUT2D eigenvalue weighted by Crippen LogP contribution is -2.67. The van der Waals surface area contributed by atoms with Gasteiger partial charge in [-0.3, -0.25) is 24.6 Å². The molecule has 4 heterocycles. The van der Waals surface area contributed by atoms with Crippen molar-refractivity contribution in [2.24, 2.45) is 11.3 Å². The fourth-order valence-electron chi connectivity index (χ4n) is 6.46. The maximum atomic E-state index is 14.2. The van der Waals surface area contributed by atoms with Crippen molar-refractivity contribution in [1.29, 1.82) is 0 Å². The van der Waals surface area contributed by atoms with Gasteiger partial charge >= 0.3 is 6.03 Å². The number of nitrogens with one attached hydrogen (secondary N) is 1. The van der Waals surface area contributed by atoms with E-state index in [4.69, 9.17) is 0 Å². The van der Waals surface area contributed by atoms with Crippen molar-refractivity contribution in [3.63, 3.8) is 0 Å². The van der Waals surface area contributed by atoms with Gasteiger partial charge in [-0.25, -0.2) is 4.79 Å². The third-order valence-electron chi connectivity index (χ3n) is 8.23. The third kappa shape index (κ3) is 4.63. The van der Waals surface area contributed by atoms with Crippen molar-refractivity contribution < 1.29 is 19.5 Å². The fraction of sp³-hybridized carbons (Fsp3) is 0.333. The Morgan fingerprint density at radius 2 is 1.62 bits per heavy atom. The van der Waals surface area contributed by atoms with Crippen LogP contribution in [0, 0.1) is 11.3 Å². The van der Waals surface area contributed by atoms with Crippen LogP contribution in [-0.2, 0) is 29.1 Å². The van der Waals surface area contributed by atoms with Gasteiger partial charge in [-0.05, 0) is 48.1 Å². The summed E-state index contributed by atoms with van der Waals surface area (Å²) in [6.07, 6.45) is 1.03. The first-order valence-corrected chi connectivity index (χ1v) is 13.2. The average Bonchev–Trinajstić information content (AvgIpc) is 2.92. The van der Waals surface area contributed by atoms with Crippen LogP contribution in [-0.4, -0.2) is 57.0 Å². The SMILES string of the molecule is O=C1NC(=O)[C@@](Cc2ccc(O)cc2)(CN2C[C@@H]3C[C@@H](C2)c2cccc(=O)n2C3)C(=O)N1Cc1ccccc1. The van der Waals surface area contributed by atoms with E-state index in [-0.39, 0.29) is 42.7 Å². The molecule has 2 N–H and O–H groups in total. The third-order valence-corrected chi connectivity index (χ3v) is 8.23. The number of fused-ring (bicyclic) bond motifs is 4. The van der Waals surface area contributed by atoms with Crippen molar-refractivity contribution in [3.05, 3.63) is 100.0 Å². The molecule has 39 heavy (non-hydrogen) atoms. The smallest absolute Gasteiger partial charge is 0.331 e. The summed E-state index contributed by atoms with van der Waals surface area (Å²) in [5, 5.41) is 12.3. The number of carbonyl (C=O) groups excluding carboxylic acids is 3. The van der Waals surface area contributed by atoms with Gasteiger partial charge in [-0.2, -0.15) is 0 Å². The first kappa shape index (κ1) is 25.1. The van der Waals surface area contributed by atoms with Crippen LogP contribution in [0.25, 0.3) is 0 Å². The van der Waals surface area contributed by atoms with Crippen molar-refractivity contribution in [2.45, 2.75) is 31.8 Å². The zero-order valence-electron chi connectivity index (χ0n) is 21.5. The fourth-order valence-corrected chi connectivity index (χ4v) is 6.46. The number of piperidine rings is 1. The molecular formula is C30H30N4O5. The van der Waals surface area contributed by atoms with Gasteiger partial charge in [0.25, 0.3) is 5.56 Å². The Labute approximate surface area is 225 Å². The molecular weight excluding hydrogens is 496 g/mol. The number of urea groups is 1. The number of phenolic OH excluding ortho intramolecular Hbond substituents is 1. The second kappa shape index (κ2) is 9.81. The lowest BCUT2D eigenvalue weighted by molar-refractivity contribution is -0.154. The lowest BCUT2D eigenvalue weighted by Gasteiger charge is -2.47. The number of imide groups is 2. The van der Waals surface area contributed by atoms with E-state index >= 15 is 0 Å². The van der Waals surface area contributed by atoms with Crippen LogP contribution in [0.15, 0.2) is 77.6 Å². The number of carbonyl (C=O) groups is 3. The van der Waals surface area contributed by atoms with Gasteiger partial charge in [0.05, 0.1) is 6.54 Å². The van der Waals surface area contributed by atoms with E-state index in [1.165, 1.54) is 12.1 Å². The minimum absolute atomic E-state index is 0.00338. The number of nitrogens with zero attached hydrogens (tertiary/aromatic N) is 3. The maximum absolute atomic E-state index is 14.2. The predicted molar refractivity (Wildman–Crippen MR) is 143 cm³/mol. The van der Waals surface area contributed by atoms with Gasteiger partial charge in [-0.1, -0.05) is 48.5 Å². The summed E-state index contributed by atoms with van der Waals surface area (Å²) in [6.45, 7) is 2.04. The Morgan fingerprint density at radius 1 is 0.846 bits per heavy atom. The Bertz CT molecular complexity index is 1490. The van der Waals surface area contributed by atoms with Crippen molar-refractivity contribution in [1.82, 2.24) is 19.7 Å².